The molecule has 0 aromatic rings. The average molecular weight is 256 g/mol. The van der Waals surface area contributed by atoms with Gasteiger partial charge in [0.05, 0.1) is 5.41 Å². The normalized spacial score (nSPS) is 38.4. The fourth-order valence-electron chi connectivity index (χ4n) is 3.06. The standard InChI is InChI=1S/C13H24N2OS/c1-4-13(5-6-14-9-13)12(16)15-7-10(2)17-11(3)8-15/h10-11,14H,4-9H2,1-3H3. The summed E-state index contributed by atoms with van der Waals surface area (Å²) in [5.74, 6) is 0.393. The van der Waals surface area contributed by atoms with Crippen LogP contribution in [0.25, 0.3) is 0 Å². The highest BCUT2D eigenvalue weighted by atomic mass is 32.2. The van der Waals surface area contributed by atoms with Gasteiger partial charge in [-0.1, -0.05) is 20.8 Å². The number of amides is 1. The molecule has 3 unspecified atom stereocenters. The molecule has 2 aliphatic heterocycles. The lowest BCUT2D eigenvalue weighted by atomic mass is 9.82. The van der Waals surface area contributed by atoms with Crippen LogP contribution in [0.4, 0.5) is 0 Å². The van der Waals surface area contributed by atoms with Crippen molar-refractivity contribution < 1.29 is 4.79 Å². The van der Waals surface area contributed by atoms with Gasteiger partial charge in [0, 0.05) is 30.1 Å². The van der Waals surface area contributed by atoms with Gasteiger partial charge in [0.2, 0.25) is 5.91 Å². The molecule has 0 spiro atoms. The lowest BCUT2D eigenvalue weighted by Crippen LogP contribution is -2.51. The van der Waals surface area contributed by atoms with Gasteiger partial charge in [-0.25, -0.2) is 0 Å². The molecule has 0 aliphatic carbocycles. The Bertz CT molecular complexity index is 279. The minimum Gasteiger partial charge on any atom is -0.340 e. The van der Waals surface area contributed by atoms with Crippen LogP contribution < -0.4 is 5.32 Å². The molecule has 4 heteroatoms. The van der Waals surface area contributed by atoms with Crippen LogP contribution >= 0.6 is 11.8 Å². The van der Waals surface area contributed by atoms with E-state index in [1.54, 1.807) is 0 Å². The molecule has 0 saturated carbocycles. The largest absolute Gasteiger partial charge is 0.340 e. The first-order valence-electron chi connectivity index (χ1n) is 6.73. The highest BCUT2D eigenvalue weighted by Gasteiger charge is 2.43. The molecular formula is C13H24N2OS. The monoisotopic (exact) mass is 256 g/mol. The van der Waals surface area contributed by atoms with Crippen molar-refractivity contribution >= 4 is 17.7 Å². The maximum atomic E-state index is 12.7. The summed E-state index contributed by atoms with van der Waals surface area (Å²) in [6, 6.07) is 0. The summed E-state index contributed by atoms with van der Waals surface area (Å²) in [6.07, 6.45) is 1.97. The van der Waals surface area contributed by atoms with E-state index in [9.17, 15) is 4.79 Å². The molecule has 3 nitrogen and oxygen atoms in total. The average Bonchev–Trinajstić information content (AvgIpc) is 2.76. The maximum Gasteiger partial charge on any atom is 0.230 e. The predicted molar refractivity (Wildman–Crippen MR) is 73.3 cm³/mol. The number of nitrogens with one attached hydrogen (secondary N) is 1. The number of carbonyl (C=O) groups excluding carboxylic acids is 1. The minimum atomic E-state index is -0.110. The lowest BCUT2D eigenvalue weighted by Gasteiger charge is -2.39. The summed E-state index contributed by atoms with van der Waals surface area (Å²) >= 11 is 2.00. The van der Waals surface area contributed by atoms with E-state index in [1.807, 2.05) is 11.8 Å². The maximum absolute atomic E-state index is 12.7. The van der Waals surface area contributed by atoms with Crippen LogP contribution in [0.2, 0.25) is 0 Å². The Balaban J connectivity index is 2.08. The van der Waals surface area contributed by atoms with Gasteiger partial charge >= 0.3 is 0 Å². The van der Waals surface area contributed by atoms with Gasteiger partial charge in [-0.2, -0.15) is 11.8 Å². The molecule has 2 aliphatic rings. The molecule has 0 aromatic heterocycles. The number of thioether (sulfide) groups is 1. The third-order valence-electron chi connectivity index (χ3n) is 4.08. The van der Waals surface area contributed by atoms with Gasteiger partial charge in [0.25, 0.3) is 0 Å². The first-order chi connectivity index (χ1) is 8.07. The van der Waals surface area contributed by atoms with Crippen LogP contribution in [0, 0.1) is 5.41 Å². The third kappa shape index (κ3) is 2.63. The van der Waals surface area contributed by atoms with Crippen molar-refractivity contribution in [3.8, 4) is 0 Å². The highest BCUT2D eigenvalue weighted by Crippen LogP contribution is 2.34. The summed E-state index contributed by atoms with van der Waals surface area (Å²) in [7, 11) is 0. The van der Waals surface area contributed by atoms with E-state index >= 15 is 0 Å². The lowest BCUT2D eigenvalue weighted by molar-refractivity contribution is -0.141. The summed E-state index contributed by atoms with van der Waals surface area (Å²) in [4.78, 5) is 14.8. The van der Waals surface area contributed by atoms with Crippen molar-refractivity contribution in [2.24, 2.45) is 5.41 Å². The molecule has 1 N–H and O–H groups in total. The van der Waals surface area contributed by atoms with Crippen molar-refractivity contribution in [1.29, 1.82) is 0 Å². The smallest absolute Gasteiger partial charge is 0.230 e. The van der Waals surface area contributed by atoms with Crippen LogP contribution in [0.1, 0.15) is 33.6 Å². The third-order valence-corrected chi connectivity index (χ3v) is 5.31. The van der Waals surface area contributed by atoms with Crippen molar-refractivity contribution in [2.75, 3.05) is 26.2 Å². The molecule has 98 valence electrons. The zero-order valence-electron chi connectivity index (χ0n) is 11.2. The van der Waals surface area contributed by atoms with E-state index in [2.05, 4.69) is 31.0 Å². The quantitative estimate of drug-likeness (QED) is 0.816. The molecule has 0 radical (unpaired) electrons. The molecule has 17 heavy (non-hydrogen) atoms. The SMILES string of the molecule is CCC1(C(=O)N2CC(C)SC(C)C2)CCNC1. The Labute approximate surface area is 109 Å². The zero-order valence-corrected chi connectivity index (χ0v) is 12.0. The Morgan fingerprint density at radius 1 is 1.41 bits per heavy atom. The van der Waals surface area contributed by atoms with Crippen LogP contribution in [0.5, 0.6) is 0 Å². The number of hydrogen-bond donors (Lipinski definition) is 1. The molecule has 0 aromatic carbocycles. The van der Waals surface area contributed by atoms with E-state index in [1.165, 1.54) is 0 Å². The van der Waals surface area contributed by atoms with Gasteiger partial charge < -0.3 is 10.2 Å². The molecule has 2 heterocycles. The number of nitrogens with zero attached hydrogens (tertiary/aromatic N) is 1. The molecule has 2 fully saturated rings. The van der Waals surface area contributed by atoms with Crippen LogP contribution in [-0.2, 0) is 4.79 Å². The van der Waals surface area contributed by atoms with Gasteiger partial charge in [-0.15, -0.1) is 0 Å². The first-order valence-corrected chi connectivity index (χ1v) is 7.67. The predicted octanol–water partition coefficient (Wildman–Crippen LogP) is 1.73. The second-order valence-electron chi connectivity index (χ2n) is 5.53. The fourth-order valence-corrected chi connectivity index (χ4v) is 4.38. The van der Waals surface area contributed by atoms with E-state index in [0.29, 0.717) is 16.4 Å². The second kappa shape index (κ2) is 5.19. The number of hydrogen-bond acceptors (Lipinski definition) is 3. The van der Waals surface area contributed by atoms with Crippen LogP contribution in [0.3, 0.4) is 0 Å². The summed E-state index contributed by atoms with van der Waals surface area (Å²) in [5, 5.41) is 4.50. The van der Waals surface area contributed by atoms with Gasteiger partial charge in [0.15, 0.2) is 0 Å². The first kappa shape index (κ1) is 13.2. The minimum absolute atomic E-state index is 0.110. The Kier molecular flexibility index (Phi) is 4.03. The highest BCUT2D eigenvalue weighted by molar-refractivity contribution is 8.00. The van der Waals surface area contributed by atoms with E-state index < -0.39 is 0 Å². The topological polar surface area (TPSA) is 32.3 Å². The van der Waals surface area contributed by atoms with E-state index in [4.69, 9.17) is 0 Å². The van der Waals surface area contributed by atoms with Crippen LogP contribution in [-0.4, -0.2) is 47.5 Å². The van der Waals surface area contributed by atoms with E-state index in [0.717, 1.165) is 39.0 Å². The van der Waals surface area contributed by atoms with Gasteiger partial charge in [-0.3, -0.25) is 4.79 Å². The summed E-state index contributed by atoms with van der Waals surface area (Å²) in [6.45, 7) is 10.3. The van der Waals surface area contributed by atoms with Crippen molar-refractivity contribution in [1.82, 2.24) is 10.2 Å². The molecular weight excluding hydrogens is 232 g/mol. The Morgan fingerprint density at radius 2 is 2.06 bits per heavy atom. The number of carbonyl (C=O) groups is 1. The fraction of sp³-hybridized carbons (Fsp3) is 0.923. The molecule has 1 amide bonds. The summed E-state index contributed by atoms with van der Waals surface area (Å²) in [5.41, 5.74) is -0.110. The molecule has 2 saturated heterocycles. The zero-order chi connectivity index (χ0) is 12.5. The molecule has 2 rings (SSSR count). The van der Waals surface area contributed by atoms with Gasteiger partial charge in [-0.05, 0) is 19.4 Å². The van der Waals surface area contributed by atoms with Crippen molar-refractivity contribution in [3.05, 3.63) is 0 Å². The number of rotatable bonds is 2. The van der Waals surface area contributed by atoms with Crippen molar-refractivity contribution in [2.45, 2.75) is 44.1 Å². The summed E-state index contributed by atoms with van der Waals surface area (Å²) < 4.78 is 0. The molecule has 0 bridgehead atoms. The van der Waals surface area contributed by atoms with Gasteiger partial charge in [0.1, 0.15) is 0 Å². The van der Waals surface area contributed by atoms with E-state index in [-0.39, 0.29) is 5.41 Å². The second-order valence-corrected chi connectivity index (χ2v) is 7.41. The Hall–Kier alpha value is -0.220. The van der Waals surface area contributed by atoms with Crippen LogP contribution in [0.15, 0.2) is 0 Å². The van der Waals surface area contributed by atoms with Crippen molar-refractivity contribution in [3.63, 3.8) is 0 Å². The Morgan fingerprint density at radius 3 is 2.53 bits per heavy atom. The molecule has 3 atom stereocenters.